The highest BCUT2D eigenvalue weighted by Gasteiger charge is 2.21. The van der Waals surface area contributed by atoms with Crippen molar-refractivity contribution in [3.05, 3.63) is 35.9 Å². The van der Waals surface area contributed by atoms with Crippen molar-refractivity contribution >= 4 is 5.91 Å². The molecule has 1 aromatic rings. The molecular formula is C14H22N2O. The molecule has 0 heterocycles. The predicted octanol–water partition coefficient (Wildman–Crippen LogP) is 2.21. The van der Waals surface area contributed by atoms with E-state index in [0.29, 0.717) is 0 Å². The molecule has 94 valence electrons. The molecule has 0 aromatic heterocycles. The number of benzene rings is 1. The molecule has 0 saturated carbocycles. The van der Waals surface area contributed by atoms with Crippen LogP contribution in [0, 0.1) is 0 Å². The number of carbonyl (C=O) groups is 1. The van der Waals surface area contributed by atoms with Crippen molar-refractivity contribution in [2.24, 2.45) is 0 Å². The van der Waals surface area contributed by atoms with E-state index in [2.05, 4.69) is 12.2 Å². The first-order valence-corrected chi connectivity index (χ1v) is 6.16. The van der Waals surface area contributed by atoms with Crippen LogP contribution < -0.4 is 5.32 Å². The van der Waals surface area contributed by atoms with Crippen LogP contribution in [-0.4, -0.2) is 31.4 Å². The third-order valence-electron chi connectivity index (χ3n) is 2.71. The Bertz CT molecular complexity index is 335. The van der Waals surface area contributed by atoms with E-state index in [-0.39, 0.29) is 11.9 Å². The molecule has 0 aliphatic carbocycles. The number of hydrogen-bond acceptors (Lipinski definition) is 2. The molecule has 17 heavy (non-hydrogen) atoms. The fraction of sp³-hybridized carbons (Fsp3) is 0.500. The third kappa shape index (κ3) is 4.19. The second-order valence-electron chi connectivity index (χ2n) is 4.42. The maximum absolute atomic E-state index is 12.1. The first kappa shape index (κ1) is 13.7. The van der Waals surface area contributed by atoms with Gasteiger partial charge in [0.1, 0.15) is 6.04 Å². The summed E-state index contributed by atoms with van der Waals surface area (Å²) in [5, 5.41) is 2.98. The second-order valence-corrected chi connectivity index (χ2v) is 4.42. The van der Waals surface area contributed by atoms with Crippen molar-refractivity contribution in [1.82, 2.24) is 10.2 Å². The summed E-state index contributed by atoms with van der Waals surface area (Å²) >= 11 is 0. The van der Waals surface area contributed by atoms with E-state index in [9.17, 15) is 4.79 Å². The minimum Gasteiger partial charge on any atom is -0.354 e. The Balaban J connectivity index is 2.70. The van der Waals surface area contributed by atoms with Crippen LogP contribution in [0.15, 0.2) is 30.3 Å². The Hall–Kier alpha value is -1.35. The number of carbonyl (C=O) groups excluding carboxylic acids is 1. The van der Waals surface area contributed by atoms with Crippen LogP contribution in [0.1, 0.15) is 31.4 Å². The van der Waals surface area contributed by atoms with Gasteiger partial charge in [-0.15, -0.1) is 0 Å². The number of hydrogen-bond donors (Lipinski definition) is 1. The summed E-state index contributed by atoms with van der Waals surface area (Å²) in [7, 11) is 3.86. The van der Waals surface area contributed by atoms with E-state index in [0.717, 1.165) is 24.9 Å². The van der Waals surface area contributed by atoms with Gasteiger partial charge < -0.3 is 5.32 Å². The first-order chi connectivity index (χ1) is 8.16. The van der Waals surface area contributed by atoms with Gasteiger partial charge >= 0.3 is 0 Å². The van der Waals surface area contributed by atoms with E-state index >= 15 is 0 Å². The van der Waals surface area contributed by atoms with Crippen molar-refractivity contribution in [1.29, 1.82) is 0 Å². The molecule has 0 saturated heterocycles. The SMILES string of the molecule is CCCCNC(=O)C(c1ccccc1)N(C)C. The van der Waals surface area contributed by atoms with E-state index in [4.69, 9.17) is 0 Å². The number of rotatable bonds is 6. The molecule has 0 radical (unpaired) electrons. The second kappa shape index (κ2) is 7.07. The van der Waals surface area contributed by atoms with E-state index < -0.39 is 0 Å². The van der Waals surface area contributed by atoms with Gasteiger partial charge in [0.15, 0.2) is 0 Å². The van der Waals surface area contributed by atoms with Crippen LogP contribution in [0.25, 0.3) is 0 Å². The molecule has 0 fully saturated rings. The lowest BCUT2D eigenvalue weighted by atomic mass is 10.1. The number of amides is 1. The molecule has 1 N–H and O–H groups in total. The molecule has 1 amide bonds. The summed E-state index contributed by atoms with van der Waals surface area (Å²) in [4.78, 5) is 14.0. The number of likely N-dealkylation sites (N-methyl/N-ethyl adjacent to an activating group) is 1. The monoisotopic (exact) mass is 234 g/mol. The molecule has 1 aromatic carbocycles. The quantitative estimate of drug-likeness (QED) is 0.765. The first-order valence-electron chi connectivity index (χ1n) is 6.16. The van der Waals surface area contributed by atoms with Crippen LogP contribution in [0.2, 0.25) is 0 Å². The average molecular weight is 234 g/mol. The summed E-state index contributed by atoms with van der Waals surface area (Å²) in [6.45, 7) is 2.87. The van der Waals surface area contributed by atoms with Gasteiger partial charge in [0.25, 0.3) is 0 Å². The average Bonchev–Trinajstić information content (AvgIpc) is 2.30. The molecule has 0 bridgehead atoms. The van der Waals surface area contributed by atoms with Gasteiger partial charge in [0.05, 0.1) is 0 Å². The van der Waals surface area contributed by atoms with Gasteiger partial charge in [-0.3, -0.25) is 9.69 Å². The molecule has 3 nitrogen and oxygen atoms in total. The van der Waals surface area contributed by atoms with Crippen molar-refractivity contribution in [2.45, 2.75) is 25.8 Å². The Labute approximate surface area is 104 Å². The van der Waals surface area contributed by atoms with Gasteiger partial charge in [-0.25, -0.2) is 0 Å². The Morgan fingerprint density at radius 1 is 1.29 bits per heavy atom. The van der Waals surface area contributed by atoms with Crippen LogP contribution in [0.5, 0.6) is 0 Å². The number of nitrogens with zero attached hydrogens (tertiary/aromatic N) is 1. The fourth-order valence-corrected chi connectivity index (χ4v) is 1.80. The molecule has 0 aliphatic heterocycles. The van der Waals surface area contributed by atoms with Crippen molar-refractivity contribution in [2.75, 3.05) is 20.6 Å². The van der Waals surface area contributed by atoms with Crippen molar-refractivity contribution in [3.8, 4) is 0 Å². The van der Waals surface area contributed by atoms with Crippen LogP contribution in [0.3, 0.4) is 0 Å². The number of unbranched alkanes of at least 4 members (excludes halogenated alkanes) is 1. The predicted molar refractivity (Wildman–Crippen MR) is 70.8 cm³/mol. The minimum absolute atomic E-state index is 0.0784. The third-order valence-corrected chi connectivity index (χ3v) is 2.71. The van der Waals surface area contributed by atoms with Crippen LogP contribution >= 0.6 is 0 Å². The van der Waals surface area contributed by atoms with Gasteiger partial charge in [0, 0.05) is 6.54 Å². The lowest BCUT2D eigenvalue weighted by Crippen LogP contribution is -2.37. The normalized spacial score (nSPS) is 12.5. The maximum Gasteiger partial charge on any atom is 0.241 e. The lowest BCUT2D eigenvalue weighted by molar-refractivity contribution is -0.125. The standard InChI is InChI=1S/C14H22N2O/c1-4-5-11-15-14(17)13(16(2)3)12-9-7-6-8-10-12/h6-10,13H,4-5,11H2,1-3H3,(H,15,17). The zero-order chi connectivity index (χ0) is 12.7. The van der Waals surface area contributed by atoms with E-state index in [1.54, 1.807) is 0 Å². The van der Waals surface area contributed by atoms with E-state index in [1.165, 1.54) is 0 Å². The van der Waals surface area contributed by atoms with Crippen LogP contribution in [-0.2, 0) is 4.79 Å². The van der Waals surface area contributed by atoms with Crippen molar-refractivity contribution < 1.29 is 4.79 Å². The summed E-state index contributed by atoms with van der Waals surface area (Å²) < 4.78 is 0. The fourth-order valence-electron chi connectivity index (χ4n) is 1.80. The Kier molecular flexibility index (Phi) is 5.70. The van der Waals surface area contributed by atoms with Crippen LogP contribution in [0.4, 0.5) is 0 Å². The molecule has 1 atom stereocenters. The summed E-state index contributed by atoms with van der Waals surface area (Å²) in [5.74, 6) is 0.0784. The molecular weight excluding hydrogens is 212 g/mol. The minimum atomic E-state index is -0.201. The zero-order valence-electron chi connectivity index (χ0n) is 10.9. The largest absolute Gasteiger partial charge is 0.354 e. The van der Waals surface area contributed by atoms with Gasteiger partial charge in [-0.1, -0.05) is 43.7 Å². The molecule has 1 unspecified atom stereocenters. The highest BCUT2D eigenvalue weighted by Crippen LogP contribution is 2.17. The molecule has 0 spiro atoms. The zero-order valence-corrected chi connectivity index (χ0v) is 10.9. The summed E-state index contributed by atoms with van der Waals surface area (Å²) in [6.07, 6.45) is 2.12. The van der Waals surface area contributed by atoms with E-state index in [1.807, 2.05) is 49.3 Å². The highest BCUT2D eigenvalue weighted by atomic mass is 16.2. The van der Waals surface area contributed by atoms with Gasteiger partial charge in [0.2, 0.25) is 5.91 Å². The topological polar surface area (TPSA) is 32.3 Å². The molecule has 3 heteroatoms. The number of nitrogens with one attached hydrogen (secondary N) is 1. The summed E-state index contributed by atoms with van der Waals surface area (Å²) in [5.41, 5.74) is 1.03. The smallest absolute Gasteiger partial charge is 0.241 e. The molecule has 1 rings (SSSR count). The maximum atomic E-state index is 12.1. The van der Waals surface area contributed by atoms with Gasteiger partial charge in [-0.05, 0) is 26.1 Å². The molecule has 0 aliphatic rings. The highest BCUT2D eigenvalue weighted by molar-refractivity contribution is 5.83. The van der Waals surface area contributed by atoms with Crippen molar-refractivity contribution in [3.63, 3.8) is 0 Å². The Morgan fingerprint density at radius 3 is 2.47 bits per heavy atom. The Morgan fingerprint density at radius 2 is 1.94 bits per heavy atom. The van der Waals surface area contributed by atoms with Gasteiger partial charge in [-0.2, -0.15) is 0 Å². The summed E-state index contributed by atoms with van der Waals surface area (Å²) in [6, 6.07) is 9.67. The lowest BCUT2D eigenvalue weighted by Gasteiger charge is -2.23.